The first-order valence-electron chi connectivity index (χ1n) is 9.24. The Hall–Kier alpha value is -2.88. The van der Waals surface area contributed by atoms with Crippen LogP contribution in [0.3, 0.4) is 0 Å². The van der Waals surface area contributed by atoms with Crippen molar-refractivity contribution in [2.45, 2.75) is 25.7 Å². The molecule has 1 unspecified atom stereocenters. The van der Waals surface area contributed by atoms with E-state index < -0.39 is 11.7 Å². The summed E-state index contributed by atoms with van der Waals surface area (Å²) in [4.78, 5) is 21.4. The topological polar surface area (TPSA) is 82.2 Å². The van der Waals surface area contributed by atoms with Crippen molar-refractivity contribution in [3.63, 3.8) is 0 Å². The molecule has 1 aliphatic heterocycles. The van der Waals surface area contributed by atoms with E-state index in [1.807, 2.05) is 11.8 Å². The van der Waals surface area contributed by atoms with Crippen LogP contribution in [0.5, 0.6) is 0 Å². The highest BCUT2D eigenvalue weighted by Crippen LogP contribution is 2.36. The van der Waals surface area contributed by atoms with Gasteiger partial charge >= 0.3 is 6.18 Å². The monoisotopic (exact) mass is 408 g/mol. The number of piperazine rings is 1. The van der Waals surface area contributed by atoms with Gasteiger partial charge in [0, 0.05) is 56.6 Å². The Kier molecular flexibility index (Phi) is 6.21. The molecule has 0 spiro atoms. The first-order valence-corrected chi connectivity index (χ1v) is 9.24. The van der Waals surface area contributed by atoms with E-state index in [0.29, 0.717) is 43.0 Å². The summed E-state index contributed by atoms with van der Waals surface area (Å²) in [5.41, 5.74) is 0.464. The zero-order chi connectivity index (χ0) is 21.0. The Balaban J connectivity index is 2.14. The van der Waals surface area contributed by atoms with Crippen LogP contribution in [0.1, 0.15) is 18.1 Å². The minimum Gasteiger partial charge on any atom is -0.373 e. The van der Waals surface area contributed by atoms with Crippen molar-refractivity contribution in [1.82, 2.24) is 20.6 Å². The smallest absolute Gasteiger partial charge is 0.373 e. The molecular formula is C19H23F3N6O. The number of rotatable bonds is 6. The van der Waals surface area contributed by atoms with E-state index in [2.05, 4.69) is 25.9 Å². The van der Waals surface area contributed by atoms with Crippen molar-refractivity contribution >= 4 is 18.0 Å². The second kappa shape index (κ2) is 8.64. The number of amides is 1. The quantitative estimate of drug-likeness (QED) is 0.636. The largest absolute Gasteiger partial charge is 0.416 e. The minimum atomic E-state index is -4.51. The first-order chi connectivity index (χ1) is 13.8. The number of halogens is 3. The SMILES string of the molecule is CNc1nccc(-c2cc(C(F)(F)F)cc(N3CCNC(C)C3)n2)c1CNC=O. The van der Waals surface area contributed by atoms with E-state index in [-0.39, 0.29) is 24.1 Å². The fourth-order valence-corrected chi connectivity index (χ4v) is 3.39. The Morgan fingerprint density at radius 2 is 2.17 bits per heavy atom. The highest BCUT2D eigenvalue weighted by Gasteiger charge is 2.33. The molecule has 1 atom stereocenters. The zero-order valence-electron chi connectivity index (χ0n) is 16.2. The highest BCUT2D eigenvalue weighted by molar-refractivity contribution is 5.72. The maximum Gasteiger partial charge on any atom is 0.416 e. The van der Waals surface area contributed by atoms with Crippen molar-refractivity contribution in [1.29, 1.82) is 0 Å². The summed E-state index contributed by atoms with van der Waals surface area (Å²) in [6, 6.07) is 3.88. The van der Waals surface area contributed by atoms with Crippen molar-refractivity contribution in [2.75, 3.05) is 36.9 Å². The normalized spacial score (nSPS) is 17.1. The summed E-state index contributed by atoms with van der Waals surface area (Å²) in [6.07, 6.45) is -2.48. The lowest BCUT2D eigenvalue weighted by atomic mass is 10.0. The molecule has 156 valence electrons. The van der Waals surface area contributed by atoms with E-state index >= 15 is 0 Å². The van der Waals surface area contributed by atoms with Gasteiger partial charge in [0.05, 0.1) is 11.3 Å². The summed E-state index contributed by atoms with van der Waals surface area (Å²) in [6.45, 7) is 3.88. The predicted octanol–water partition coefficient (Wildman–Crippen LogP) is 2.25. The molecule has 3 rings (SSSR count). The van der Waals surface area contributed by atoms with Crippen molar-refractivity contribution < 1.29 is 18.0 Å². The van der Waals surface area contributed by atoms with Gasteiger partial charge in [-0.1, -0.05) is 0 Å². The van der Waals surface area contributed by atoms with Gasteiger partial charge in [-0.05, 0) is 25.1 Å². The lowest BCUT2D eigenvalue weighted by Gasteiger charge is -2.33. The lowest BCUT2D eigenvalue weighted by molar-refractivity contribution is -0.137. The number of nitrogens with zero attached hydrogens (tertiary/aromatic N) is 3. The van der Waals surface area contributed by atoms with E-state index in [4.69, 9.17) is 0 Å². The van der Waals surface area contributed by atoms with Crippen molar-refractivity contribution in [3.05, 3.63) is 35.5 Å². The molecule has 0 saturated carbocycles. The van der Waals surface area contributed by atoms with Crippen LogP contribution in [0, 0.1) is 0 Å². The second-order valence-electron chi connectivity index (χ2n) is 6.83. The standard InChI is InChI=1S/C19H23F3N6O/c1-12-10-28(6-5-25-12)17-8-13(19(20,21)22)7-16(27-17)14-3-4-26-18(23-2)15(14)9-24-11-29/h3-4,7-8,11-12,25H,5-6,9-10H2,1-2H3,(H,23,26)(H,24,29). The Bertz CT molecular complexity index is 874. The third-order valence-electron chi connectivity index (χ3n) is 4.76. The van der Waals surface area contributed by atoms with Gasteiger partial charge in [0.15, 0.2) is 0 Å². The number of hydrogen-bond acceptors (Lipinski definition) is 6. The summed E-state index contributed by atoms with van der Waals surface area (Å²) in [5.74, 6) is 0.744. The van der Waals surface area contributed by atoms with Crippen LogP contribution in [0.2, 0.25) is 0 Å². The summed E-state index contributed by atoms with van der Waals surface area (Å²) < 4.78 is 40.8. The van der Waals surface area contributed by atoms with Gasteiger partial charge in [-0.25, -0.2) is 9.97 Å². The number of carbonyl (C=O) groups is 1. The molecule has 3 N–H and O–H groups in total. The summed E-state index contributed by atoms with van der Waals surface area (Å²) in [7, 11) is 1.66. The van der Waals surface area contributed by atoms with Crippen LogP contribution < -0.4 is 20.9 Å². The van der Waals surface area contributed by atoms with Gasteiger partial charge in [0.2, 0.25) is 6.41 Å². The van der Waals surface area contributed by atoms with Crippen LogP contribution in [0.4, 0.5) is 24.8 Å². The van der Waals surface area contributed by atoms with E-state index in [9.17, 15) is 18.0 Å². The van der Waals surface area contributed by atoms with E-state index in [1.165, 1.54) is 6.20 Å². The number of anilines is 2. The number of nitrogens with one attached hydrogen (secondary N) is 3. The molecule has 0 radical (unpaired) electrons. The van der Waals surface area contributed by atoms with Crippen LogP contribution in [-0.2, 0) is 17.5 Å². The molecule has 3 heterocycles. The molecule has 0 bridgehead atoms. The Labute approximate surface area is 166 Å². The average Bonchev–Trinajstić information content (AvgIpc) is 2.71. The van der Waals surface area contributed by atoms with Gasteiger partial charge in [0.25, 0.3) is 0 Å². The van der Waals surface area contributed by atoms with Gasteiger partial charge in [-0.3, -0.25) is 4.79 Å². The summed E-state index contributed by atoms with van der Waals surface area (Å²) in [5, 5.41) is 8.73. The fraction of sp³-hybridized carbons (Fsp3) is 0.421. The molecule has 10 heteroatoms. The maximum absolute atomic E-state index is 13.6. The number of pyridine rings is 2. The summed E-state index contributed by atoms with van der Waals surface area (Å²) >= 11 is 0. The zero-order valence-corrected chi connectivity index (χ0v) is 16.2. The second-order valence-corrected chi connectivity index (χ2v) is 6.83. The van der Waals surface area contributed by atoms with Crippen LogP contribution in [0.15, 0.2) is 24.4 Å². The molecule has 1 fully saturated rings. The van der Waals surface area contributed by atoms with Crippen LogP contribution in [0.25, 0.3) is 11.3 Å². The Morgan fingerprint density at radius 1 is 1.38 bits per heavy atom. The minimum absolute atomic E-state index is 0.112. The third-order valence-corrected chi connectivity index (χ3v) is 4.76. The molecular weight excluding hydrogens is 385 g/mol. The van der Waals surface area contributed by atoms with Crippen LogP contribution >= 0.6 is 0 Å². The molecule has 1 amide bonds. The number of hydrogen-bond donors (Lipinski definition) is 3. The number of alkyl halides is 3. The van der Waals surface area contributed by atoms with Crippen LogP contribution in [-0.4, -0.2) is 49.1 Å². The van der Waals surface area contributed by atoms with E-state index in [0.717, 1.165) is 12.1 Å². The average molecular weight is 408 g/mol. The molecule has 1 saturated heterocycles. The molecule has 2 aromatic heterocycles. The molecule has 0 aromatic carbocycles. The van der Waals surface area contributed by atoms with Gasteiger partial charge in [-0.2, -0.15) is 13.2 Å². The molecule has 7 nitrogen and oxygen atoms in total. The van der Waals surface area contributed by atoms with Crippen molar-refractivity contribution in [2.24, 2.45) is 0 Å². The highest BCUT2D eigenvalue weighted by atomic mass is 19.4. The molecule has 2 aromatic rings. The fourth-order valence-electron chi connectivity index (χ4n) is 3.39. The first kappa shape index (κ1) is 20.8. The van der Waals surface area contributed by atoms with Gasteiger partial charge in [0.1, 0.15) is 11.6 Å². The third kappa shape index (κ3) is 4.76. The number of carbonyl (C=O) groups excluding carboxylic acids is 1. The maximum atomic E-state index is 13.6. The van der Waals surface area contributed by atoms with Gasteiger partial charge in [-0.15, -0.1) is 0 Å². The van der Waals surface area contributed by atoms with Gasteiger partial charge < -0.3 is 20.9 Å². The molecule has 1 aliphatic rings. The predicted molar refractivity (Wildman–Crippen MR) is 105 cm³/mol. The molecule has 0 aliphatic carbocycles. The lowest BCUT2D eigenvalue weighted by Crippen LogP contribution is -2.49. The molecule has 29 heavy (non-hydrogen) atoms. The van der Waals surface area contributed by atoms with Crippen molar-refractivity contribution in [3.8, 4) is 11.3 Å². The van der Waals surface area contributed by atoms with E-state index in [1.54, 1.807) is 13.1 Å². The number of aromatic nitrogens is 2. The Morgan fingerprint density at radius 3 is 2.83 bits per heavy atom.